The average molecular weight is 416 g/mol. The zero-order valence-corrected chi connectivity index (χ0v) is 15.6. The Morgan fingerprint density at radius 1 is 0.900 bits per heavy atom. The van der Waals surface area contributed by atoms with Gasteiger partial charge in [0.25, 0.3) is 11.9 Å². The Kier molecular flexibility index (Phi) is 5.26. The molecular formula is C21H16F4N4O. The van der Waals surface area contributed by atoms with Crippen LogP contribution in [0.2, 0.25) is 0 Å². The summed E-state index contributed by atoms with van der Waals surface area (Å²) < 4.78 is 55.2. The van der Waals surface area contributed by atoms with Gasteiger partial charge in [0, 0.05) is 24.5 Å². The third-order valence-corrected chi connectivity index (χ3v) is 4.84. The molecule has 0 fully saturated rings. The number of halogens is 4. The van der Waals surface area contributed by atoms with Crippen molar-refractivity contribution in [3.05, 3.63) is 83.2 Å². The number of carbonyl (C=O) groups is 1. The number of urea groups is 1. The number of amides is 2. The first kappa shape index (κ1) is 19.7. The number of aromatic nitrogens is 1. The molecule has 0 saturated heterocycles. The van der Waals surface area contributed by atoms with Crippen molar-refractivity contribution in [1.29, 1.82) is 0 Å². The van der Waals surface area contributed by atoms with Crippen LogP contribution < -0.4 is 15.5 Å². The SMILES string of the molecule is O=C(Nc1ccccc1)Nc1cccc2c1CCN(c1c(F)c(F)nc(F)c1F)C2. The minimum absolute atomic E-state index is 0.0158. The maximum atomic E-state index is 14.1. The summed E-state index contributed by atoms with van der Waals surface area (Å²) in [4.78, 5) is 16.1. The number of hydrogen-bond donors (Lipinski definition) is 2. The molecular weight excluding hydrogens is 400 g/mol. The van der Waals surface area contributed by atoms with Crippen LogP contribution in [0.25, 0.3) is 0 Å². The van der Waals surface area contributed by atoms with Gasteiger partial charge in [-0.25, -0.2) is 4.79 Å². The molecule has 1 aromatic heterocycles. The van der Waals surface area contributed by atoms with E-state index in [1.165, 1.54) is 4.90 Å². The second-order valence-corrected chi connectivity index (χ2v) is 6.73. The second kappa shape index (κ2) is 8.02. The first-order chi connectivity index (χ1) is 14.4. The Morgan fingerprint density at radius 3 is 2.30 bits per heavy atom. The monoisotopic (exact) mass is 416 g/mol. The van der Waals surface area contributed by atoms with Gasteiger partial charge in [-0.1, -0.05) is 30.3 Å². The molecule has 0 unspecified atom stereocenters. The summed E-state index contributed by atoms with van der Waals surface area (Å²) in [6.45, 7) is 0.116. The molecule has 0 aliphatic carbocycles. The molecule has 1 aliphatic rings. The van der Waals surface area contributed by atoms with E-state index < -0.39 is 35.2 Å². The number of hydrogen-bond acceptors (Lipinski definition) is 3. The first-order valence-corrected chi connectivity index (χ1v) is 9.13. The third kappa shape index (κ3) is 3.78. The summed E-state index contributed by atoms with van der Waals surface area (Å²) in [7, 11) is 0. The smallest absolute Gasteiger partial charge is 0.323 e. The van der Waals surface area contributed by atoms with Crippen molar-refractivity contribution >= 4 is 23.1 Å². The fourth-order valence-corrected chi connectivity index (χ4v) is 3.48. The lowest BCUT2D eigenvalue weighted by Crippen LogP contribution is -2.33. The Labute approximate surface area is 169 Å². The van der Waals surface area contributed by atoms with Gasteiger partial charge >= 0.3 is 6.03 Å². The molecule has 2 amide bonds. The number of para-hydroxylation sites is 1. The lowest BCUT2D eigenvalue weighted by Gasteiger charge is -2.32. The lowest BCUT2D eigenvalue weighted by atomic mass is 9.97. The minimum Gasteiger partial charge on any atom is -0.362 e. The molecule has 0 saturated carbocycles. The quantitative estimate of drug-likeness (QED) is 0.474. The van der Waals surface area contributed by atoms with E-state index in [4.69, 9.17) is 0 Å². The number of fused-ring (bicyclic) bond motifs is 1. The molecule has 2 heterocycles. The van der Waals surface area contributed by atoms with Crippen molar-refractivity contribution in [3.63, 3.8) is 0 Å². The van der Waals surface area contributed by atoms with Gasteiger partial charge in [0.15, 0.2) is 0 Å². The van der Waals surface area contributed by atoms with Crippen LogP contribution in [-0.4, -0.2) is 17.6 Å². The van der Waals surface area contributed by atoms with Crippen molar-refractivity contribution in [2.75, 3.05) is 22.1 Å². The summed E-state index contributed by atoms with van der Waals surface area (Å²) in [5, 5.41) is 5.48. The maximum Gasteiger partial charge on any atom is 0.323 e. The highest BCUT2D eigenvalue weighted by Crippen LogP contribution is 2.33. The van der Waals surface area contributed by atoms with Crippen LogP contribution in [0.5, 0.6) is 0 Å². The Bertz CT molecular complexity index is 1080. The molecule has 30 heavy (non-hydrogen) atoms. The van der Waals surface area contributed by atoms with Gasteiger partial charge in [0.1, 0.15) is 5.69 Å². The molecule has 0 atom stereocenters. The van der Waals surface area contributed by atoms with Crippen molar-refractivity contribution in [2.24, 2.45) is 0 Å². The van der Waals surface area contributed by atoms with Gasteiger partial charge in [0.05, 0.1) is 0 Å². The number of anilines is 3. The van der Waals surface area contributed by atoms with Crippen LogP contribution in [0.15, 0.2) is 48.5 Å². The Balaban J connectivity index is 1.56. The van der Waals surface area contributed by atoms with Gasteiger partial charge in [-0.2, -0.15) is 22.5 Å². The number of benzene rings is 2. The van der Waals surface area contributed by atoms with E-state index in [9.17, 15) is 22.4 Å². The normalized spacial score (nSPS) is 13.0. The van der Waals surface area contributed by atoms with E-state index in [1.807, 2.05) is 6.07 Å². The van der Waals surface area contributed by atoms with Gasteiger partial charge in [-0.15, -0.1) is 0 Å². The highest BCUT2D eigenvalue weighted by Gasteiger charge is 2.28. The molecule has 2 aromatic carbocycles. The van der Waals surface area contributed by atoms with Crippen LogP contribution in [-0.2, 0) is 13.0 Å². The van der Waals surface area contributed by atoms with Crippen LogP contribution in [0.3, 0.4) is 0 Å². The highest BCUT2D eigenvalue weighted by molar-refractivity contribution is 6.00. The van der Waals surface area contributed by atoms with Crippen LogP contribution >= 0.6 is 0 Å². The number of nitrogens with one attached hydrogen (secondary N) is 2. The molecule has 3 aromatic rings. The molecule has 0 spiro atoms. The lowest BCUT2D eigenvalue weighted by molar-refractivity contribution is 0.262. The Morgan fingerprint density at radius 2 is 1.60 bits per heavy atom. The predicted octanol–water partition coefficient (Wildman–Crippen LogP) is 4.84. The van der Waals surface area contributed by atoms with Gasteiger partial charge in [-0.3, -0.25) is 0 Å². The van der Waals surface area contributed by atoms with Crippen molar-refractivity contribution < 1.29 is 22.4 Å². The predicted molar refractivity (Wildman–Crippen MR) is 104 cm³/mol. The van der Waals surface area contributed by atoms with Crippen LogP contribution in [0, 0.1) is 23.5 Å². The van der Waals surface area contributed by atoms with Crippen molar-refractivity contribution in [2.45, 2.75) is 13.0 Å². The van der Waals surface area contributed by atoms with E-state index >= 15 is 0 Å². The fraction of sp³-hybridized carbons (Fsp3) is 0.143. The molecule has 4 rings (SSSR count). The van der Waals surface area contributed by atoms with E-state index in [1.54, 1.807) is 42.5 Å². The molecule has 0 radical (unpaired) electrons. The fourth-order valence-electron chi connectivity index (χ4n) is 3.48. The van der Waals surface area contributed by atoms with Gasteiger partial charge < -0.3 is 15.5 Å². The zero-order valence-electron chi connectivity index (χ0n) is 15.6. The largest absolute Gasteiger partial charge is 0.362 e. The molecule has 5 nitrogen and oxygen atoms in total. The van der Waals surface area contributed by atoms with Crippen LogP contribution in [0.1, 0.15) is 11.1 Å². The zero-order chi connectivity index (χ0) is 21.3. The molecule has 154 valence electrons. The topological polar surface area (TPSA) is 57.3 Å². The summed E-state index contributed by atoms with van der Waals surface area (Å²) in [5.41, 5.74) is 1.85. The summed E-state index contributed by atoms with van der Waals surface area (Å²) >= 11 is 0. The highest BCUT2D eigenvalue weighted by atomic mass is 19.2. The van der Waals surface area contributed by atoms with Crippen molar-refractivity contribution in [1.82, 2.24) is 4.98 Å². The maximum absolute atomic E-state index is 14.1. The van der Waals surface area contributed by atoms with E-state index in [2.05, 4.69) is 15.6 Å². The molecule has 9 heteroatoms. The summed E-state index contributed by atoms with van der Waals surface area (Å²) in [6.07, 6.45) is 0.307. The summed E-state index contributed by atoms with van der Waals surface area (Å²) in [5.74, 6) is -6.45. The number of nitrogens with zero attached hydrogens (tertiary/aromatic N) is 2. The summed E-state index contributed by atoms with van der Waals surface area (Å²) in [6, 6.07) is 13.6. The minimum atomic E-state index is -1.69. The number of carbonyl (C=O) groups excluding carboxylic acids is 1. The Hall–Kier alpha value is -3.62. The molecule has 2 N–H and O–H groups in total. The standard InChI is InChI=1S/C21H16F4N4O/c22-16-18(17(23)20(25)28-19(16)24)29-10-9-14-12(11-29)5-4-8-15(14)27-21(30)26-13-6-2-1-3-7-13/h1-8H,9-11H2,(H2,26,27,30). The van der Waals surface area contributed by atoms with Crippen LogP contribution in [0.4, 0.5) is 39.4 Å². The molecule has 0 bridgehead atoms. The van der Waals surface area contributed by atoms with Crippen molar-refractivity contribution in [3.8, 4) is 0 Å². The van der Waals surface area contributed by atoms with E-state index in [0.717, 1.165) is 5.56 Å². The second-order valence-electron chi connectivity index (χ2n) is 6.73. The average Bonchev–Trinajstić information content (AvgIpc) is 2.73. The van der Waals surface area contributed by atoms with E-state index in [0.29, 0.717) is 23.4 Å². The van der Waals surface area contributed by atoms with Gasteiger partial charge in [0.2, 0.25) is 11.6 Å². The first-order valence-electron chi connectivity index (χ1n) is 9.13. The number of rotatable bonds is 3. The van der Waals surface area contributed by atoms with Gasteiger partial charge in [-0.05, 0) is 35.7 Å². The third-order valence-electron chi connectivity index (χ3n) is 4.84. The number of pyridine rings is 1. The molecule has 1 aliphatic heterocycles. The van der Waals surface area contributed by atoms with E-state index in [-0.39, 0.29) is 13.1 Å².